The number of hydrazine groups is 1. The minimum absolute atomic E-state index is 0.119. The van der Waals surface area contributed by atoms with E-state index >= 15 is 0 Å². The van der Waals surface area contributed by atoms with Gasteiger partial charge in [-0.3, -0.25) is 24.5 Å². The van der Waals surface area contributed by atoms with Crippen LogP contribution in [-0.2, 0) is 16.1 Å². The van der Waals surface area contributed by atoms with Gasteiger partial charge in [0.05, 0.1) is 23.3 Å². The van der Waals surface area contributed by atoms with Crippen LogP contribution >= 0.6 is 11.6 Å². The Bertz CT molecular complexity index is 1070. The second-order valence-corrected chi connectivity index (χ2v) is 7.84. The molecule has 0 saturated carbocycles. The molecular weight excluding hydrogens is 422 g/mol. The number of nitro groups is 1. The van der Waals surface area contributed by atoms with Crippen molar-refractivity contribution in [3.8, 4) is 0 Å². The molecule has 158 valence electrons. The van der Waals surface area contributed by atoms with E-state index in [9.17, 15) is 24.5 Å². The van der Waals surface area contributed by atoms with Crippen LogP contribution in [0.15, 0.2) is 60.7 Å². The molecule has 1 fully saturated rings. The highest BCUT2D eigenvalue weighted by atomic mass is 35.5. The van der Waals surface area contributed by atoms with E-state index in [1.165, 1.54) is 24.3 Å². The summed E-state index contributed by atoms with van der Waals surface area (Å²) in [5, 5.41) is 13.8. The van der Waals surface area contributed by atoms with Crippen LogP contribution in [-0.4, -0.2) is 32.7 Å². The number of halogens is 1. The molecular formula is C22H18ClN3O5. The van der Waals surface area contributed by atoms with Crippen molar-refractivity contribution >= 4 is 35.0 Å². The Balaban J connectivity index is 1.76. The van der Waals surface area contributed by atoms with Gasteiger partial charge in [-0.15, -0.1) is 0 Å². The molecule has 0 unspecified atom stereocenters. The van der Waals surface area contributed by atoms with Gasteiger partial charge in [0.2, 0.25) is 0 Å². The Morgan fingerprint density at radius 3 is 2.19 bits per heavy atom. The van der Waals surface area contributed by atoms with Crippen molar-refractivity contribution in [3.63, 3.8) is 0 Å². The number of allylic oxidation sites excluding steroid dienone is 2. The van der Waals surface area contributed by atoms with E-state index in [0.717, 1.165) is 10.0 Å². The van der Waals surface area contributed by atoms with Gasteiger partial charge >= 0.3 is 0 Å². The van der Waals surface area contributed by atoms with Crippen LogP contribution in [0, 0.1) is 22.0 Å². The molecule has 9 heteroatoms. The second kappa shape index (κ2) is 8.31. The zero-order chi connectivity index (χ0) is 22.1. The maximum absolute atomic E-state index is 13.5. The van der Waals surface area contributed by atoms with Crippen molar-refractivity contribution in [2.75, 3.05) is 0 Å². The topological polar surface area (TPSA) is 101 Å². The molecule has 2 aromatic rings. The van der Waals surface area contributed by atoms with Gasteiger partial charge in [-0.2, -0.15) is 5.01 Å². The largest absolute Gasteiger partial charge is 0.282 e. The highest BCUT2D eigenvalue weighted by molar-refractivity contribution is 6.30. The number of nitro benzene ring substituents is 1. The van der Waals surface area contributed by atoms with Crippen LogP contribution in [0.25, 0.3) is 0 Å². The van der Waals surface area contributed by atoms with Crippen LogP contribution in [0.2, 0.25) is 5.02 Å². The fourth-order valence-electron chi connectivity index (χ4n) is 3.97. The summed E-state index contributed by atoms with van der Waals surface area (Å²) >= 11 is 5.94. The molecule has 0 N–H and O–H groups in total. The molecule has 3 amide bonds. The lowest BCUT2D eigenvalue weighted by Crippen LogP contribution is -2.49. The van der Waals surface area contributed by atoms with Crippen LogP contribution in [0.1, 0.15) is 28.8 Å². The molecule has 8 nitrogen and oxygen atoms in total. The standard InChI is InChI=1S/C22H18ClN3O5/c23-15-11-9-14(10-12-15)13-24(20(27)18-7-3-4-8-19(18)26(30)31)25-21(28)16-5-1-2-6-17(16)22(25)29/h1-4,7-12,16-17H,5-6,13H2/t16-,17-/m0/s1. The maximum atomic E-state index is 13.5. The van der Waals surface area contributed by atoms with Crippen molar-refractivity contribution in [1.29, 1.82) is 0 Å². The summed E-state index contributed by atoms with van der Waals surface area (Å²) in [6.45, 7) is -0.119. The first-order chi connectivity index (χ1) is 14.9. The van der Waals surface area contributed by atoms with Gasteiger partial charge in [0.1, 0.15) is 5.56 Å². The molecule has 0 radical (unpaired) electrons. The fraction of sp³-hybridized carbons (Fsp3) is 0.227. The minimum atomic E-state index is -0.796. The summed E-state index contributed by atoms with van der Waals surface area (Å²) in [4.78, 5) is 50.5. The first-order valence-corrected chi connectivity index (χ1v) is 10.1. The van der Waals surface area contributed by atoms with E-state index in [4.69, 9.17) is 11.6 Å². The Kier molecular flexibility index (Phi) is 5.56. The van der Waals surface area contributed by atoms with E-state index < -0.39 is 40.2 Å². The molecule has 1 aliphatic carbocycles. The molecule has 0 bridgehead atoms. The number of hydrogen-bond acceptors (Lipinski definition) is 5. The predicted molar refractivity (Wildman–Crippen MR) is 112 cm³/mol. The van der Waals surface area contributed by atoms with Crippen molar-refractivity contribution in [2.24, 2.45) is 11.8 Å². The lowest BCUT2D eigenvalue weighted by Gasteiger charge is -2.30. The molecule has 1 aliphatic heterocycles. The average Bonchev–Trinajstić information content (AvgIpc) is 3.03. The number of carbonyl (C=O) groups excluding carboxylic acids is 3. The zero-order valence-corrected chi connectivity index (χ0v) is 17.1. The molecule has 4 rings (SSSR count). The number of rotatable bonds is 5. The van der Waals surface area contributed by atoms with Crippen molar-refractivity contribution < 1.29 is 19.3 Å². The van der Waals surface area contributed by atoms with Gasteiger partial charge in [-0.05, 0) is 36.6 Å². The second-order valence-electron chi connectivity index (χ2n) is 7.41. The number of nitrogens with zero attached hydrogens (tertiary/aromatic N) is 3. The van der Waals surface area contributed by atoms with Gasteiger partial charge in [0.15, 0.2) is 0 Å². The summed E-state index contributed by atoms with van der Waals surface area (Å²) in [5.74, 6) is -2.82. The third-order valence-corrected chi connectivity index (χ3v) is 5.79. The Hall–Kier alpha value is -3.52. The number of para-hydroxylation sites is 1. The van der Waals surface area contributed by atoms with Gasteiger partial charge in [0.25, 0.3) is 23.4 Å². The first kappa shape index (κ1) is 20.7. The number of imide groups is 1. The molecule has 0 aromatic heterocycles. The lowest BCUT2D eigenvalue weighted by molar-refractivity contribution is -0.385. The molecule has 2 aromatic carbocycles. The van der Waals surface area contributed by atoms with E-state index in [-0.39, 0.29) is 12.1 Å². The van der Waals surface area contributed by atoms with E-state index in [0.29, 0.717) is 23.4 Å². The smallest absolute Gasteiger partial charge is 0.272 e. The first-order valence-electron chi connectivity index (χ1n) is 9.71. The maximum Gasteiger partial charge on any atom is 0.282 e. The average molecular weight is 440 g/mol. The number of benzene rings is 2. The molecule has 1 heterocycles. The summed E-state index contributed by atoms with van der Waals surface area (Å²) in [7, 11) is 0. The number of carbonyl (C=O) groups is 3. The van der Waals surface area contributed by atoms with Gasteiger partial charge in [-0.1, -0.05) is 48.0 Å². The zero-order valence-electron chi connectivity index (χ0n) is 16.3. The molecule has 1 saturated heterocycles. The molecule has 2 atom stereocenters. The highest BCUT2D eigenvalue weighted by Gasteiger charge is 2.51. The van der Waals surface area contributed by atoms with Crippen molar-refractivity contribution in [1.82, 2.24) is 10.0 Å². The van der Waals surface area contributed by atoms with Crippen molar-refractivity contribution in [2.45, 2.75) is 19.4 Å². The molecule has 31 heavy (non-hydrogen) atoms. The number of fused-ring (bicyclic) bond motifs is 1. The quantitative estimate of drug-likeness (QED) is 0.305. The summed E-state index contributed by atoms with van der Waals surface area (Å²) < 4.78 is 0. The van der Waals surface area contributed by atoms with Crippen LogP contribution in [0.4, 0.5) is 5.69 Å². The number of hydrogen-bond donors (Lipinski definition) is 0. The van der Waals surface area contributed by atoms with Gasteiger partial charge in [0, 0.05) is 11.1 Å². The molecule has 2 aliphatic rings. The monoisotopic (exact) mass is 439 g/mol. The highest BCUT2D eigenvalue weighted by Crippen LogP contribution is 2.37. The van der Waals surface area contributed by atoms with Crippen LogP contribution in [0.3, 0.4) is 0 Å². The third kappa shape index (κ3) is 3.82. The normalized spacial score (nSPS) is 20.0. The Morgan fingerprint density at radius 1 is 1.03 bits per heavy atom. The molecule has 0 spiro atoms. The van der Waals surface area contributed by atoms with E-state index in [1.54, 1.807) is 24.3 Å². The Labute approximate surface area is 182 Å². The van der Waals surface area contributed by atoms with E-state index in [1.807, 2.05) is 12.2 Å². The van der Waals surface area contributed by atoms with E-state index in [2.05, 4.69) is 0 Å². The van der Waals surface area contributed by atoms with Gasteiger partial charge in [-0.25, -0.2) is 5.01 Å². The predicted octanol–water partition coefficient (Wildman–Crippen LogP) is 3.76. The lowest BCUT2D eigenvalue weighted by atomic mass is 9.85. The Morgan fingerprint density at radius 2 is 1.61 bits per heavy atom. The third-order valence-electron chi connectivity index (χ3n) is 5.54. The summed E-state index contributed by atoms with van der Waals surface area (Å²) in [6.07, 6.45) is 4.53. The summed E-state index contributed by atoms with van der Waals surface area (Å²) in [6, 6.07) is 12.1. The van der Waals surface area contributed by atoms with Gasteiger partial charge < -0.3 is 0 Å². The van der Waals surface area contributed by atoms with Crippen molar-refractivity contribution in [3.05, 3.63) is 86.9 Å². The fourth-order valence-corrected chi connectivity index (χ4v) is 4.10. The summed E-state index contributed by atoms with van der Waals surface area (Å²) in [5.41, 5.74) is 0.0202. The van der Waals surface area contributed by atoms with Crippen LogP contribution < -0.4 is 0 Å². The SMILES string of the molecule is O=C(c1ccccc1[N+](=O)[O-])N(Cc1ccc(Cl)cc1)N1C(=O)[C@H]2CC=CC[C@@H]2C1=O. The minimum Gasteiger partial charge on any atom is -0.272 e. The number of amides is 3. The van der Waals surface area contributed by atoms with Crippen LogP contribution in [0.5, 0.6) is 0 Å².